The molecule has 0 unspecified atom stereocenters. The molecule has 1 heterocycles. The predicted molar refractivity (Wildman–Crippen MR) is 96.2 cm³/mol. The molecule has 0 fully saturated rings. The number of para-hydroxylation sites is 3. The highest BCUT2D eigenvalue weighted by molar-refractivity contribution is 7.99. The smallest absolute Gasteiger partial charge is 0.234 e. The standard InChI is InChI=1S/C17H17N5O2S/c1-12-7-3-5-9-14(12)22-17(19-20-21-22)25-11-16(23)18-13-8-4-6-10-15(13)24-2/h3-10H,11H2,1-2H3,(H,18,23). The molecule has 0 saturated heterocycles. The Balaban J connectivity index is 1.68. The summed E-state index contributed by atoms with van der Waals surface area (Å²) in [6.07, 6.45) is 0. The number of hydrogen-bond donors (Lipinski definition) is 1. The summed E-state index contributed by atoms with van der Waals surface area (Å²) in [5, 5.41) is 15.1. The molecule has 25 heavy (non-hydrogen) atoms. The van der Waals surface area contributed by atoms with Crippen molar-refractivity contribution in [3.63, 3.8) is 0 Å². The van der Waals surface area contributed by atoms with Crippen LogP contribution < -0.4 is 10.1 Å². The van der Waals surface area contributed by atoms with Crippen LogP contribution in [0, 0.1) is 6.92 Å². The zero-order chi connectivity index (χ0) is 17.6. The number of aromatic nitrogens is 4. The Morgan fingerprint density at radius 2 is 1.96 bits per heavy atom. The first-order valence-electron chi connectivity index (χ1n) is 7.59. The number of aryl methyl sites for hydroxylation is 1. The van der Waals surface area contributed by atoms with Crippen LogP contribution in [0.1, 0.15) is 5.56 Å². The molecule has 128 valence electrons. The van der Waals surface area contributed by atoms with Gasteiger partial charge >= 0.3 is 0 Å². The van der Waals surface area contributed by atoms with E-state index in [-0.39, 0.29) is 11.7 Å². The average molecular weight is 355 g/mol. The van der Waals surface area contributed by atoms with Crippen molar-refractivity contribution >= 4 is 23.4 Å². The molecule has 0 aliphatic rings. The highest BCUT2D eigenvalue weighted by Gasteiger charge is 2.13. The molecule has 0 aliphatic carbocycles. The maximum absolute atomic E-state index is 12.2. The number of anilines is 1. The molecule has 0 bridgehead atoms. The third-order valence-electron chi connectivity index (χ3n) is 3.50. The van der Waals surface area contributed by atoms with Crippen molar-refractivity contribution < 1.29 is 9.53 Å². The molecule has 0 aliphatic heterocycles. The highest BCUT2D eigenvalue weighted by Crippen LogP contribution is 2.24. The van der Waals surface area contributed by atoms with Crippen LogP contribution >= 0.6 is 11.8 Å². The van der Waals surface area contributed by atoms with E-state index in [1.54, 1.807) is 23.9 Å². The van der Waals surface area contributed by atoms with E-state index in [0.717, 1.165) is 11.3 Å². The van der Waals surface area contributed by atoms with Crippen molar-refractivity contribution in [1.29, 1.82) is 0 Å². The Bertz CT molecular complexity index is 881. The molecular weight excluding hydrogens is 338 g/mol. The molecular formula is C17H17N5O2S. The number of amides is 1. The summed E-state index contributed by atoms with van der Waals surface area (Å²) < 4.78 is 6.86. The van der Waals surface area contributed by atoms with Gasteiger partial charge in [-0.3, -0.25) is 4.79 Å². The predicted octanol–water partition coefficient (Wildman–Crippen LogP) is 2.71. The second-order valence-corrected chi connectivity index (χ2v) is 6.14. The number of ether oxygens (including phenoxy) is 1. The average Bonchev–Trinajstić information content (AvgIpc) is 3.09. The van der Waals surface area contributed by atoms with Gasteiger partial charge in [-0.15, -0.1) is 5.10 Å². The molecule has 7 nitrogen and oxygen atoms in total. The van der Waals surface area contributed by atoms with Crippen LogP contribution in [0.3, 0.4) is 0 Å². The fourth-order valence-electron chi connectivity index (χ4n) is 2.29. The van der Waals surface area contributed by atoms with Gasteiger partial charge in [-0.1, -0.05) is 42.1 Å². The zero-order valence-electron chi connectivity index (χ0n) is 13.8. The van der Waals surface area contributed by atoms with Crippen molar-refractivity contribution in [1.82, 2.24) is 20.2 Å². The fourth-order valence-corrected chi connectivity index (χ4v) is 2.97. The largest absolute Gasteiger partial charge is 0.495 e. The molecule has 2 aromatic carbocycles. The first-order chi connectivity index (χ1) is 12.2. The molecule has 0 spiro atoms. The van der Waals surface area contributed by atoms with Gasteiger partial charge in [-0.2, -0.15) is 4.68 Å². The Labute approximate surface area is 149 Å². The van der Waals surface area contributed by atoms with E-state index in [2.05, 4.69) is 20.8 Å². The van der Waals surface area contributed by atoms with Gasteiger partial charge in [0.15, 0.2) is 0 Å². The van der Waals surface area contributed by atoms with E-state index in [0.29, 0.717) is 16.6 Å². The van der Waals surface area contributed by atoms with Crippen molar-refractivity contribution in [3.05, 3.63) is 54.1 Å². The maximum Gasteiger partial charge on any atom is 0.234 e. The zero-order valence-corrected chi connectivity index (χ0v) is 14.7. The topological polar surface area (TPSA) is 81.9 Å². The summed E-state index contributed by atoms with van der Waals surface area (Å²) in [6.45, 7) is 1.99. The highest BCUT2D eigenvalue weighted by atomic mass is 32.2. The second kappa shape index (κ2) is 7.80. The Hall–Kier alpha value is -2.87. The number of thioether (sulfide) groups is 1. The second-order valence-electron chi connectivity index (χ2n) is 5.20. The molecule has 3 rings (SSSR count). The summed E-state index contributed by atoms with van der Waals surface area (Å²) in [5.74, 6) is 0.643. The molecule has 1 N–H and O–H groups in total. The fraction of sp³-hybridized carbons (Fsp3) is 0.176. The summed E-state index contributed by atoms with van der Waals surface area (Å²) in [5.41, 5.74) is 2.57. The van der Waals surface area contributed by atoms with Crippen molar-refractivity contribution in [2.24, 2.45) is 0 Å². The minimum atomic E-state index is -0.158. The Kier molecular flexibility index (Phi) is 5.30. The maximum atomic E-state index is 12.2. The van der Waals surface area contributed by atoms with Gasteiger partial charge in [0.2, 0.25) is 11.1 Å². The number of tetrazole rings is 1. The third-order valence-corrected chi connectivity index (χ3v) is 4.42. The number of methoxy groups -OCH3 is 1. The molecule has 0 radical (unpaired) electrons. The number of rotatable bonds is 6. The van der Waals surface area contributed by atoms with Gasteiger partial charge < -0.3 is 10.1 Å². The van der Waals surface area contributed by atoms with Crippen molar-refractivity contribution in [2.45, 2.75) is 12.1 Å². The van der Waals surface area contributed by atoms with Crippen LogP contribution in [-0.4, -0.2) is 39.0 Å². The van der Waals surface area contributed by atoms with E-state index in [9.17, 15) is 4.79 Å². The number of benzene rings is 2. The minimum absolute atomic E-state index is 0.158. The van der Waals surface area contributed by atoms with E-state index >= 15 is 0 Å². The lowest BCUT2D eigenvalue weighted by Crippen LogP contribution is -2.15. The van der Waals surface area contributed by atoms with Gasteiger partial charge in [0, 0.05) is 0 Å². The summed E-state index contributed by atoms with van der Waals surface area (Å²) in [7, 11) is 1.57. The van der Waals surface area contributed by atoms with E-state index in [1.165, 1.54) is 11.8 Å². The molecule has 0 saturated carbocycles. The van der Waals surface area contributed by atoms with Crippen molar-refractivity contribution in [2.75, 3.05) is 18.2 Å². The molecule has 0 atom stereocenters. The lowest BCUT2D eigenvalue weighted by Gasteiger charge is -2.10. The molecule has 1 aromatic heterocycles. The Morgan fingerprint density at radius 1 is 1.20 bits per heavy atom. The van der Waals surface area contributed by atoms with Gasteiger partial charge in [0.05, 0.1) is 24.2 Å². The lowest BCUT2D eigenvalue weighted by molar-refractivity contribution is -0.113. The number of hydrogen-bond acceptors (Lipinski definition) is 6. The first kappa shape index (κ1) is 17.0. The van der Waals surface area contributed by atoms with Gasteiger partial charge in [0.25, 0.3) is 0 Å². The lowest BCUT2D eigenvalue weighted by atomic mass is 10.2. The van der Waals surface area contributed by atoms with Crippen LogP contribution in [0.2, 0.25) is 0 Å². The molecule has 1 amide bonds. The summed E-state index contributed by atoms with van der Waals surface area (Å²) in [6, 6.07) is 15.1. The van der Waals surface area contributed by atoms with E-state index in [1.807, 2.05) is 43.3 Å². The van der Waals surface area contributed by atoms with Crippen LogP contribution in [0.4, 0.5) is 5.69 Å². The summed E-state index contributed by atoms with van der Waals surface area (Å²) >= 11 is 1.27. The van der Waals surface area contributed by atoms with E-state index in [4.69, 9.17) is 4.74 Å². The SMILES string of the molecule is COc1ccccc1NC(=O)CSc1nnnn1-c1ccccc1C. The van der Waals surface area contributed by atoms with E-state index < -0.39 is 0 Å². The third kappa shape index (κ3) is 3.97. The van der Waals surface area contributed by atoms with Gasteiger partial charge in [-0.05, 0) is 41.1 Å². The van der Waals surface area contributed by atoms with Crippen LogP contribution in [-0.2, 0) is 4.79 Å². The molecule has 8 heteroatoms. The Morgan fingerprint density at radius 3 is 2.76 bits per heavy atom. The van der Waals surface area contributed by atoms with Crippen molar-refractivity contribution in [3.8, 4) is 11.4 Å². The van der Waals surface area contributed by atoms with Crippen LogP contribution in [0.25, 0.3) is 5.69 Å². The number of carbonyl (C=O) groups is 1. The monoisotopic (exact) mass is 355 g/mol. The normalized spacial score (nSPS) is 10.5. The first-order valence-corrected chi connectivity index (χ1v) is 8.57. The number of nitrogens with zero attached hydrogens (tertiary/aromatic N) is 4. The number of carbonyl (C=O) groups excluding carboxylic acids is 1. The quantitative estimate of drug-likeness (QED) is 0.685. The minimum Gasteiger partial charge on any atom is -0.495 e. The van der Waals surface area contributed by atoms with Gasteiger partial charge in [-0.25, -0.2) is 0 Å². The van der Waals surface area contributed by atoms with Crippen LogP contribution in [0.5, 0.6) is 5.75 Å². The van der Waals surface area contributed by atoms with Crippen LogP contribution in [0.15, 0.2) is 53.7 Å². The number of nitrogens with one attached hydrogen (secondary N) is 1. The molecule has 3 aromatic rings. The summed E-state index contributed by atoms with van der Waals surface area (Å²) in [4.78, 5) is 12.2. The van der Waals surface area contributed by atoms with Gasteiger partial charge in [0.1, 0.15) is 5.75 Å².